The van der Waals surface area contributed by atoms with Gasteiger partial charge < -0.3 is 16.0 Å². The van der Waals surface area contributed by atoms with Gasteiger partial charge in [-0.25, -0.2) is 0 Å². The van der Waals surface area contributed by atoms with Crippen LogP contribution in [0.3, 0.4) is 0 Å². The van der Waals surface area contributed by atoms with Gasteiger partial charge in [-0.1, -0.05) is 12.8 Å². The lowest BCUT2D eigenvalue weighted by atomic mass is 9.83. The highest BCUT2D eigenvalue weighted by molar-refractivity contribution is 5.76. The Hall–Kier alpha value is -0.610. The molecule has 1 amide bonds. The molecule has 18 heavy (non-hydrogen) atoms. The fourth-order valence-electron chi connectivity index (χ4n) is 2.87. The smallest absolute Gasteiger partial charge is 0.220 e. The summed E-state index contributed by atoms with van der Waals surface area (Å²) in [5.41, 5.74) is 5.96. The Morgan fingerprint density at radius 2 is 2.17 bits per heavy atom. The fourth-order valence-corrected chi connectivity index (χ4v) is 2.87. The molecule has 3 unspecified atom stereocenters. The molecule has 4 heteroatoms. The van der Waals surface area contributed by atoms with Crippen LogP contribution < -0.4 is 11.1 Å². The van der Waals surface area contributed by atoms with Gasteiger partial charge in [-0.15, -0.1) is 0 Å². The second kappa shape index (κ2) is 7.74. The van der Waals surface area contributed by atoms with Gasteiger partial charge in [-0.3, -0.25) is 4.79 Å². The van der Waals surface area contributed by atoms with Crippen LogP contribution in [0.25, 0.3) is 0 Å². The maximum Gasteiger partial charge on any atom is 0.220 e. The van der Waals surface area contributed by atoms with E-state index in [1.165, 1.54) is 12.8 Å². The van der Waals surface area contributed by atoms with Gasteiger partial charge in [0.25, 0.3) is 0 Å². The number of hydrogen-bond acceptors (Lipinski definition) is 3. The molecular weight excluding hydrogens is 226 g/mol. The predicted octanol–water partition coefficient (Wildman–Crippen LogP) is 1.35. The summed E-state index contributed by atoms with van der Waals surface area (Å²) in [6.07, 6.45) is 6.37. The summed E-state index contributed by atoms with van der Waals surface area (Å²) < 4.78 is 0. The lowest BCUT2D eigenvalue weighted by Gasteiger charge is -2.26. The fraction of sp³-hybridized carbons (Fsp3) is 0.929. The quantitative estimate of drug-likeness (QED) is 0.753. The number of amides is 1. The second-order valence-electron chi connectivity index (χ2n) is 6.06. The predicted molar refractivity (Wildman–Crippen MR) is 75.3 cm³/mol. The average Bonchev–Trinajstić information content (AvgIpc) is 2.25. The Balaban J connectivity index is 2.16. The van der Waals surface area contributed by atoms with Crippen molar-refractivity contribution in [3.05, 3.63) is 0 Å². The van der Waals surface area contributed by atoms with Crippen LogP contribution in [0.15, 0.2) is 0 Å². The van der Waals surface area contributed by atoms with E-state index in [1.54, 1.807) is 0 Å². The van der Waals surface area contributed by atoms with E-state index >= 15 is 0 Å². The Kier molecular flexibility index (Phi) is 6.65. The number of rotatable bonds is 6. The molecule has 1 fully saturated rings. The molecule has 0 bridgehead atoms. The van der Waals surface area contributed by atoms with Crippen molar-refractivity contribution in [3.63, 3.8) is 0 Å². The summed E-state index contributed by atoms with van der Waals surface area (Å²) in [7, 11) is 4.04. The van der Waals surface area contributed by atoms with Gasteiger partial charge in [-0.2, -0.15) is 0 Å². The molecule has 106 valence electrons. The number of nitrogens with one attached hydrogen (secondary N) is 1. The van der Waals surface area contributed by atoms with Crippen molar-refractivity contribution in [3.8, 4) is 0 Å². The van der Waals surface area contributed by atoms with E-state index in [4.69, 9.17) is 5.73 Å². The van der Waals surface area contributed by atoms with E-state index in [9.17, 15) is 4.79 Å². The molecule has 1 saturated carbocycles. The van der Waals surface area contributed by atoms with Gasteiger partial charge in [0.2, 0.25) is 5.91 Å². The minimum absolute atomic E-state index is 0.184. The third-order valence-corrected chi connectivity index (χ3v) is 3.65. The molecule has 4 nitrogen and oxygen atoms in total. The summed E-state index contributed by atoms with van der Waals surface area (Å²) >= 11 is 0. The first-order valence-electron chi connectivity index (χ1n) is 7.17. The molecule has 1 rings (SSSR count). The van der Waals surface area contributed by atoms with E-state index in [1.807, 2.05) is 14.1 Å². The van der Waals surface area contributed by atoms with E-state index in [2.05, 4.69) is 17.1 Å². The maximum atomic E-state index is 11.8. The van der Waals surface area contributed by atoms with Crippen molar-refractivity contribution in [2.24, 2.45) is 11.7 Å². The highest BCUT2D eigenvalue weighted by atomic mass is 16.1. The molecule has 1 aliphatic rings. The van der Waals surface area contributed by atoms with Crippen molar-refractivity contribution < 1.29 is 4.79 Å². The molecule has 3 atom stereocenters. The summed E-state index contributed by atoms with van der Waals surface area (Å²) in [5, 5.41) is 3.05. The summed E-state index contributed by atoms with van der Waals surface area (Å²) in [5.74, 6) is 0.840. The minimum atomic E-state index is 0.184. The molecule has 0 aromatic rings. The van der Waals surface area contributed by atoms with Crippen molar-refractivity contribution in [2.45, 2.75) is 57.5 Å². The molecule has 0 aromatic carbocycles. The first-order valence-corrected chi connectivity index (χ1v) is 7.17. The number of hydrogen-bond donors (Lipinski definition) is 2. The highest BCUT2D eigenvalue weighted by Crippen LogP contribution is 2.26. The summed E-state index contributed by atoms with van der Waals surface area (Å²) in [4.78, 5) is 13.9. The van der Waals surface area contributed by atoms with Gasteiger partial charge in [0, 0.05) is 25.0 Å². The Bertz CT molecular complexity index is 255. The maximum absolute atomic E-state index is 11.8. The highest BCUT2D eigenvalue weighted by Gasteiger charge is 2.20. The molecule has 0 aliphatic heterocycles. The van der Waals surface area contributed by atoms with Crippen molar-refractivity contribution >= 4 is 5.91 Å². The van der Waals surface area contributed by atoms with Crippen LogP contribution in [0.2, 0.25) is 0 Å². The molecule has 0 spiro atoms. The van der Waals surface area contributed by atoms with Crippen LogP contribution >= 0.6 is 0 Å². The Labute approximate surface area is 111 Å². The van der Waals surface area contributed by atoms with E-state index in [-0.39, 0.29) is 11.9 Å². The topological polar surface area (TPSA) is 58.4 Å². The molecule has 0 heterocycles. The monoisotopic (exact) mass is 255 g/mol. The van der Waals surface area contributed by atoms with Crippen molar-refractivity contribution in [2.75, 3.05) is 20.6 Å². The zero-order valence-corrected chi connectivity index (χ0v) is 12.1. The second-order valence-corrected chi connectivity index (χ2v) is 6.06. The first-order chi connectivity index (χ1) is 8.47. The third-order valence-electron chi connectivity index (χ3n) is 3.65. The van der Waals surface area contributed by atoms with Gasteiger partial charge in [0.15, 0.2) is 0 Å². The lowest BCUT2D eigenvalue weighted by Crippen LogP contribution is -2.39. The normalized spacial score (nSPS) is 26.1. The van der Waals surface area contributed by atoms with E-state index in [0.29, 0.717) is 18.4 Å². The Morgan fingerprint density at radius 1 is 1.44 bits per heavy atom. The number of carbonyl (C=O) groups is 1. The summed E-state index contributed by atoms with van der Waals surface area (Å²) in [6.45, 7) is 2.94. The van der Waals surface area contributed by atoms with Crippen LogP contribution in [0.1, 0.15) is 45.4 Å². The first kappa shape index (κ1) is 15.4. The number of nitrogens with two attached hydrogens (primary N) is 1. The van der Waals surface area contributed by atoms with Crippen LogP contribution in [0.4, 0.5) is 0 Å². The van der Waals surface area contributed by atoms with Crippen molar-refractivity contribution in [1.29, 1.82) is 0 Å². The van der Waals surface area contributed by atoms with E-state index in [0.717, 1.165) is 25.8 Å². The molecular formula is C14H29N3O. The molecule has 1 aliphatic carbocycles. The third kappa shape index (κ3) is 6.36. The van der Waals surface area contributed by atoms with E-state index < -0.39 is 0 Å². The zero-order chi connectivity index (χ0) is 13.5. The number of likely N-dealkylation sites (N-methyl/N-ethyl adjacent to an activating group) is 1. The average molecular weight is 255 g/mol. The largest absolute Gasteiger partial charge is 0.352 e. The summed E-state index contributed by atoms with van der Waals surface area (Å²) in [6, 6.07) is 0.584. The van der Waals surface area contributed by atoms with Crippen LogP contribution in [0.5, 0.6) is 0 Å². The van der Waals surface area contributed by atoms with Crippen LogP contribution in [0, 0.1) is 5.92 Å². The van der Waals surface area contributed by atoms with Gasteiger partial charge in [0.1, 0.15) is 0 Å². The molecule has 0 saturated heterocycles. The molecule has 0 radical (unpaired) electrons. The van der Waals surface area contributed by atoms with Gasteiger partial charge in [0.05, 0.1) is 0 Å². The van der Waals surface area contributed by atoms with Crippen LogP contribution in [-0.4, -0.2) is 43.5 Å². The Morgan fingerprint density at radius 3 is 2.78 bits per heavy atom. The SMILES string of the molecule is CC(CN(C)C)NC(=O)CCC1CCCC(N)C1. The molecule has 3 N–H and O–H groups in total. The van der Waals surface area contributed by atoms with Crippen molar-refractivity contribution in [1.82, 2.24) is 10.2 Å². The number of carbonyl (C=O) groups excluding carboxylic acids is 1. The standard InChI is InChI=1S/C14H29N3O/c1-11(10-17(2)3)16-14(18)8-7-12-5-4-6-13(15)9-12/h11-13H,4-10,15H2,1-3H3,(H,16,18). The van der Waals surface area contributed by atoms with Crippen LogP contribution in [-0.2, 0) is 4.79 Å². The lowest BCUT2D eigenvalue weighted by molar-refractivity contribution is -0.122. The van der Waals surface area contributed by atoms with Gasteiger partial charge in [-0.05, 0) is 46.2 Å². The van der Waals surface area contributed by atoms with Gasteiger partial charge >= 0.3 is 0 Å². The minimum Gasteiger partial charge on any atom is -0.352 e. The molecule has 0 aromatic heterocycles. The number of nitrogens with zero attached hydrogens (tertiary/aromatic N) is 1. The zero-order valence-electron chi connectivity index (χ0n) is 12.1.